The number of para-hydroxylation sites is 1. The summed E-state index contributed by atoms with van der Waals surface area (Å²) in [7, 11) is 0. The van der Waals surface area contributed by atoms with Gasteiger partial charge in [0.1, 0.15) is 6.04 Å². The van der Waals surface area contributed by atoms with E-state index in [9.17, 15) is 14.4 Å². The molecule has 1 aliphatic heterocycles. The Morgan fingerprint density at radius 1 is 1.36 bits per heavy atom. The minimum atomic E-state index is -0.467. The summed E-state index contributed by atoms with van der Waals surface area (Å²) >= 11 is 0. The van der Waals surface area contributed by atoms with Crippen LogP contribution in [0.1, 0.15) is 32.8 Å². The number of carbonyl (C=O) groups is 3. The molecule has 0 bridgehead atoms. The van der Waals surface area contributed by atoms with E-state index in [4.69, 9.17) is 0 Å². The monoisotopic (exact) mass is 303 g/mol. The largest absolute Gasteiger partial charge is 0.326 e. The maximum atomic E-state index is 12.4. The third kappa shape index (κ3) is 3.27. The highest BCUT2D eigenvalue weighted by Gasteiger charge is 2.40. The van der Waals surface area contributed by atoms with Gasteiger partial charge in [-0.2, -0.15) is 0 Å². The van der Waals surface area contributed by atoms with Gasteiger partial charge in [0.05, 0.1) is 6.54 Å². The quantitative estimate of drug-likeness (QED) is 0.818. The number of rotatable bonds is 5. The van der Waals surface area contributed by atoms with E-state index in [-0.39, 0.29) is 30.3 Å². The summed E-state index contributed by atoms with van der Waals surface area (Å²) in [6.07, 6.45) is 0.813. The molecule has 2 atom stereocenters. The molecule has 1 heterocycles. The van der Waals surface area contributed by atoms with Crippen LogP contribution in [0.5, 0.6) is 0 Å². The molecule has 0 saturated carbocycles. The molecule has 0 spiro atoms. The van der Waals surface area contributed by atoms with Crippen LogP contribution in [0.4, 0.5) is 10.5 Å². The fourth-order valence-corrected chi connectivity index (χ4v) is 2.45. The van der Waals surface area contributed by atoms with Crippen LogP contribution in [0.15, 0.2) is 24.3 Å². The van der Waals surface area contributed by atoms with E-state index in [1.165, 1.54) is 11.8 Å². The van der Waals surface area contributed by atoms with Gasteiger partial charge in [-0.25, -0.2) is 4.79 Å². The number of nitrogens with zero attached hydrogens (tertiary/aromatic N) is 1. The van der Waals surface area contributed by atoms with Crippen LogP contribution in [0.3, 0.4) is 0 Å². The van der Waals surface area contributed by atoms with Crippen molar-refractivity contribution in [1.82, 2.24) is 10.2 Å². The number of hydrogen-bond donors (Lipinski definition) is 2. The first kappa shape index (κ1) is 16.0. The van der Waals surface area contributed by atoms with Gasteiger partial charge < -0.3 is 10.6 Å². The first-order chi connectivity index (χ1) is 10.4. The molecule has 0 unspecified atom stereocenters. The van der Waals surface area contributed by atoms with E-state index >= 15 is 0 Å². The van der Waals surface area contributed by atoms with Crippen molar-refractivity contribution < 1.29 is 14.4 Å². The van der Waals surface area contributed by atoms with Crippen molar-refractivity contribution in [3.8, 4) is 0 Å². The second-order valence-corrected chi connectivity index (χ2v) is 5.58. The van der Waals surface area contributed by atoms with E-state index < -0.39 is 6.04 Å². The van der Waals surface area contributed by atoms with E-state index in [1.54, 1.807) is 18.2 Å². The molecule has 4 amide bonds. The van der Waals surface area contributed by atoms with Gasteiger partial charge >= 0.3 is 6.03 Å². The zero-order chi connectivity index (χ0) is 16.3. The Balaban J connectivity index is 2.19. The van der Waals surface area contributed by atoms with Gasteiger partial charge in [-0.05, 0) is 17.5 Å². The van der Waals surface area contributed by atoms with Gasteiger partial charge in [-0.3, -0.25) is 14.5 Å². The Morgan fingerprint density at radius 3 is 2.68 bits per heavy atom. The standard InChI is InChI=1S/C16H21N3O3/c1-4-10(2)14-15(21)19(16(22)18-14)9-12-7-5-6-8-13(12)17-11(3)20/h5-8,10,14H,4,9H2,1-3H3,(H,17,20)(H,18,22)/t10-,14-/m0/s1. The lowest BCUT2D eigenvalue weighted by atomic mass is 9.99. The molecule has 1 fully saturated rings. The Bertz CT molecular complexity index is 600. The fourth-order valence-electron chi connectivity index (χ4n) is 2.45. The number of carbonyl (C=O) groups excluding carboxylic acids is 3. The maximum Gasteiger partial charge on any atom is 0.325 e. The number of anilines is 1. The van der Waals surface area contributed by atoms with E-state index in [1.807, 2.05) is 19.9 Å². The molecular weight excluding hydrogens is 282 g/mol. The lowest BCUT2D eigenvalue weighted by Crippen LogP contribution is -2.35. The Morgan fingerprint density at radius 2 is 2.05 bits per heavy atom. The highest BCUT2D eigenvalue weighted by molar-refractivity contribution is 6.04. The number of hydrogen-bond acceptors (Lipinski definition) is 3. The lowest BCUT2D eigenvalue weighted by molar-refractivity contribution is -0.128. The second kappa shape index (κ2) is 6.60. The maximum absolute atomic E-state index is 12.4. The topological polar surface area (TPSA) is 78.5 Å². The first-order valence-electron chi connectivity index (χ1n) is 7.41. The van der Waals surface area contributed by atoms with Crippen LogP contribution in [0, 0.1) is 5.92 Å². The molecule has 0 aromatic heterocycles. The predicted molar refractivity (Wildman–Crippen MR) is 83.1 cm³/mol. The molecule has 6 nitrogen and oxygen atoms in total. The minimum Gasteiger partial charge on any atom is -0.326 e. The number of amides is 4. The van der Waals surface area contributed by atoms with E-state index in [0.29, 0.717) is 5.69 Å². The molecule has 2 rings (SSSR count). The van der Waals surface area contributed by atoms with Crippen molar-refractivity contribution >= 4 is 23.5 Å². The zero-order valence-electron chi connectivity index (χ0n) is 13.1. The van der Waals surface area contributed by atoms with Gasteiger partial charge in [-0.1, -0.05) is 38.5 Å². The molecule has 0 radical (unpaired) electrons. The summed E-state index contributed by atoms with van der Waals surface area (Å²) in [5.41, 5.74) is 1.34. The fraction of sp³-hybridized carbons (Fsp3) is 0.438. The normalized spacial score (nSPS) is 19.0. The molecule has 1 aliphatic rings. The van der Waals surface area contributed by atoms with Crippen LogP contribution in [-0.4, -0.2) is 28.8 Å². The van der Waals surface area contributed by atoms with E-state index in [2.05, 4.69) is 10.6 Å². The van der Waals surface area contributed by atoms with Crippen LogP contribution < -0.4 is 10.6 Å². The highest BCUT2D eigenvalue weighted by Crippen LogP contribution is 2.22. The number of urea groups is 1. The molecule has 22 heavy (non-hydrogen) atoms. The lowest BCUT2D eigenvalue weighted by Gasteiger charge is -2.17. The summed E-state index contributed by atoms with van der Waals surface area (Å²) in [4.78, 5) is 36.9. The first-order valence-corrected chi connectivity index (χ1v) is 7.41. The van der Waals surface area contributed by atoms with Crippen LogP contribution in [0.25, 0.3) is 0 Å². The molecule has 118 valence electrons. The van der Waals surface area contributed by atoms with Gasteiger partial charge in [0, 0.05) is 12.6 Å². The smallest absolute Gasteiger partial charge is 0.325 e. The SMILES string of the molecule is CC[C@H](C)[C@@H]1NC(=O)N(Cc2ccccc2NC(C)=O)C1=O. The van der Waals surface area contributed by atoms with Gasteiger partial charge in [0.2, 0.25) is 5.91 Å². The highest BCUT2D eigenvalue weighted by atomic mass is 16.2. The molecule has 2 N–H and O–H groups in total. The molecule has 6 heteroatoms. The Kier molecular flexibility index (Phi) is 4.80. The van der Waals surface area contributed by atoms with Crippen molar-refractivity contribution in [1.29, 1.82) is 0 Å². The summed E-state index contributed by atoms with van der Waals surface area (Å²) < 4.78 is 0. The predicted octanol–water partition coefficient (Wildman–Crippen LogP) is 2.11. The number of nitrogens with one attached hydrogen (secondary N) is 2. The van der Waals surface area contributed by atoms with E-state index in [0.717, 1.165) is 12.0 Å². The summed E-state index contributed by atoms with van der Waals surface area (Å²) in [5.74, 6) is -0.314. The summed E-state index contributed by atoms with van der Waals surface area (Å²) in [6, 6.07) is 6.30. The molecule has 0 aliphatic carbocycles. The minimum absolute atomic E-state index is 0.0899. The van der Waals surface area contributed by atoms with Crippen LogP contribution >= 0.6 is 0 Å². The zero-order valence-corrected chi connectivity index (χ0v) is 13.1. The van der Waals surface area contributed by atoms with Crippen LogP contribution in [0.2, 0.25) is 0 Å². The molecular formula is C16H21N3O3. The molecule has 1 aromatic carbocycles. The molecule has 1 aromatic rings. The third-order valence-electron chi connectivity index (χ3n) is 3.93. The van der Waals surface area contributed by atoms with Crippen molar-refractivity contribution in [2.24, 2.45) is 5.92 Å². The second-order valence-electron chi connectivity index (χ2n) is 5.58. The number of imide groups is 1. The molecule has 1 saturated heterocycles. The van der Waals surface area contributed by atoms with Crippen molar-refractivity contribution in [2.75, 3.05) is 5.32 Å². The average Bonchev–Trinajstić information content (AvgIpc) is 2.76. The van der Waals surface area contributed by atoms with Crippen molar-refractivity contribution in [2.45, 2.75) is 39.8 Å². The third-order valence-corrected chi connectivity index (χ3v) is 3.93. The summed E-state index contributed by atoms with van der Waals surface area (Å²) in [6.45, 7) is 5.49. The summed E-state index contributed by atoms with van der Waals surface area (Å²) in [5, 5.41) is 5.45. The van der Waals surface area contributed by atoms with Gasteiger partial charge in [0.25, 0.3) is 5.91 Å². The van der Waals surface area contributed by atoms with Gasteiger partial charge in [0.15, 0.2) is 0 Å². The van der Waals surface area contributed by atoms with Gasteiger partial charge in [-0.15, -0.1) is 0 Å². The number of benzene rings is 1. The average molecular weight is 303 g/mol. The van der Waals surface area contributed by atoms with Crippen molar-refractivity contribution in [3.63, 3.8) is 0 Å². The van der Waals surface area contributed by atoms with Crippen molar-refractivity contribution in [3.05, 3.63) is 29.8 Å². The Hall–Kier alpha value is -2.37. The Labute approximate surface area is 129 Å². The van der Waals surface area contributed by atoms with Crippen LogP contribution in [-0.2, 0) is 16.1 Å².